The number of ether oxygens (including phenoxy) is 1. The summed E-state index contributed by atoms with van der Waals surface area (Å²) < 4.78 is 5.11. The molecule has 0 spiro atoms. The summed E-state index contributed by atoms with van der Waals surface area (Å²) in [7, 11) is 0. The standard InChI is InChI=1S/C13H10N4O/c14-7-13(8-18-9-13)12-16-5-3-11(17-12)10-2-1-4-15-6-10/h1-6H,8-9H2. The van der Waals surface area contributed by atoms with Crippen LogP contribution in [0.15, 0.2) is 36.8 Å². The summed E-state index contributed by atoms with van der Waals surface area (Å²) in [6, 6.07) is 7.83. The maximum atomic E-state index is 9.23. The third-order valence-electron chi connectivity index (χ3n) is 2.95. The number of hydrogen-bond donors (Lipinski definition) is 0. The quantitative estimate of drug-likeness (QED) is 0.789. The molecule has 0 aromatic carbocycles. The molecule has 0 saturated carbocycles. The van der Waals surface area contributed by atoms with Crippen LogP contribution in [0.3, 0.4) is 0 Å². The van der Waals surface area contributed by atoms with E-state index >= 15 is 0 Å². The van der Waals surface area contributed by atoms with Gasteiger partial charge in [0.2, 0.25) is 0 Å². The highest BCUT2D eigenvalue weighted by molar-refractivity contribution is 5.57. The second-order valence-electron chi connectivity index (χ2n) is 4.19. The molecule has 0 atom stereocenters. The highest BCUT2D eigenvalue weighted by atomic mass is 16.5. The van der Waals surface area contributed by atoms with Gasteiger partial charge in [-0.2, -0.15) is 5.26 Å². The first-order valence-electron chi connectivity index (χ1n) is 5.57. The van der Waals surface area contributed by atoms with Crippen LogP contribution < -0.4 is 0 Å². The van der Waals surface area contributed by atoms with Crippen LogP contribution in [0.1, 0.15) is 5.82 Å². The molecule has 1 fully saturated rings. The molecular weight excluding hydrogens is 228 g/mol. The summed E-state index contributed by atoms with van der Waals surface area (Å²) in [4.78, 5) is 12.7. The van der Waals surface area contributed by atoms with E-state index in [2.05, 4.69) is 21.0 Å². The van der Waals surface area contributed by atoms with Crippen molar-refractivity contribution in [1.29, 1.82) is 5.26 Å². The monoisotopic (exact) mass is 238 g/mol. The molecule has 1 aliphatic rings. The van der Waals surface area contributed by atoms with E-state index in [-0.39, 0.29) is 0 Å². The van der Waals surface area contributed by atoms with Gasteiger partial charge in [0.15, 0.2) is 11.2 Å². The van der Waals surface area contributed by atoms with Gasteiger partial charge in [-0.3, -0.25) is 4.98 Å². The Morgan fingerprint density at radius 2 is 2.17 bits per heavy atom. The van der Waals surface area contributed by atoms with E-state index in [0.29, 0.717) is 19.0 Å². The molecule has 0 amide bonds. The van der Waals surface area contributed by atoms with Crippen LogP contribution >= 0.6 is 0 Å². The molecule has 0 radical (unpaired) electrons. The van der Waals surface area contributed by atoms with E-state index in [0.717, 1.165) is 11.3 Å². The van der Waals surface area contributed by atoms with Gasteiger partial charge in [0.05, 0.1) is 25.0 Å². The second-order valence-corrected chi connectivity index (χ2v) is 4.19. The largest absolute Gasteiger partial charge is 0.377 e. The van der Waals surface area contributed by atoms with Crippen molar-refractivity contribution in [2.24, 2.45) is 0 Å². The second kappa shape index (κ2) is 4.17. The van der Waals surface area contributed by atoms with Crippen molar-refractivity contribution in [2.45, 2.75) is 5.41 Å². The Bertz CT molecular complexity index is 602. The number of aromatic nitrogens is 3. The highest BCUT2D eigenvalue weighted by Crippen LogP contribution is 2.29. The third-order valence-corrected chi connectivity index (χ3v) is 2.95. The minimum absolute atomic E-state index is 0.361. The number of pyridine rings is 1. The fourth-order valence-electron chi connectivity index (χ4n) is 1.81. The maximum Gasteiger partial charge on any atom is 0.163 e. The first-order valence-corrected chi connectivity index (χ1v) is 5.57. The van der Waals surface area contributed by atoms with E-state index in [9.17, 15) is 5.26 Å². The Labute approximate surface area is 104 Å². The van der Waals surface area contributed by atoms with Gasteiger partial charge < -0.3 is 4.74 Å². The highest BCUT2D eigenvalue weighted by Gasteiger charge is 2.43. The molecule has 88 valence electrons. The topological polar surface area (TPSA) is 71.7 Å². The lowest BCUT2D eigenvalue weighted by molar-refractivity contribution is -0.0338. The van der Waals surface area contributed by atoms with Gasteiger partial charge in [-0.1, -0.05) is 0 Å². The first-order chi connectivity index (χ1) is 8.84. The summed E-state index contributed by atoms with van der Waals surface area (Å²) in [6.07, 6.45) is 5.12. The zero-order chi connectivity index (χ0) is 12.4. The predicted octanol–water partition coefficient (Wildman–Crippen LogP) is 1.33. The summed E-state index contributed by atoms with van der Waals surface area (Å²) in [5.74, 6) is 0.526. The maximum absolute atomic E-state index is 9.23. The molecule has 0 N–H and O–H groups in total. The van der Waals surface area contributed by atoms with E-state index in [1.54, 1.807) is 18.6 Å². The number of rotatable bonds is 2. The number of nitrogens with zero attached hydrogens (tertiary/aromatic N) is 4. The van der Waals surface area contributed by atoms with Crippen molar-refractivity contribution in [3.63, 3.8) is 0 Å². The predicted molar refractivity (Wildman–Crippen MR) is 63.4 cm³/mol. The average molecular weight is 238 g/mol. The lowest BCUT2D eigenvalue weighted by Gasteiger charge is -2.33. The smallest absolute Gasteiger partial charge is 0.163 e. The van der Waals surface area contributed by atoms with Gasteiger partial charge in [-0.25, -0.2) is 9.97 Å². The SMILES string of the molecule is N#CC1(c2nccc(-c3cccnc3)n2)COC1. The van der Waals surface area contributed by atoms with E-state index < -0.39 is 5.41 Å². The molecule has 2 aromatic rings. The fraction of sp³-hybridized carbons (Fsp3) is 0.231. The van der Waals surface area contributed by atoms with E-state index in [1.165, 1.54) is 0 Å². The molecule has 18 heavy (non-hydrogen) atoms. The lowest BCUT2D eigenvalue weighted by Crippen LogP contribution is -2.46. The van der Waals surface area contributed by atoms with Crippen LogP contribution in [0.4, 0.5) is 0 Å². The fourth-order valence-corrected chi connectivity index (χ4v) is 1.81. The summed E-state index contributed by atoms with van der Waals surface area (Å²) in [5, 5.41) is 9.23. The van der Waals surface area contributed by atoms with Crippen LogP contribution in [-0.4, -0.2) is 28.2 Å². The third kappa shape index (κ3) is 1.63. The zero-order valence-electron chi connectivity index (χ0n) is 9.58. The summed E-state index contributed by atoms with van der Waals surface area (Å²) >= 11 is 0. The molecule has 3 heterocycles. The Morgan fingerprint density at radius 1 is 1.28 bits per heavy atom. The minimum atomic E-state index is -0.682. The van der Waals surface area contributed by atoms with E-state index in [4.69, 9.17) is 4.74 Å². The molecule has 0 bridgehead atoms. The first kappa shape index (κ1) is 10.8. The molecule has 5 heteroatoms. The van der Waals surface area contributed by atoms with Crippen LogP contribution in [0.25, 0.3) is 11.3 Å². The minimum Gasteiger partial charge on any atom is -0.377 e. The van der Waals surface area contributed by atoms with Crippen molar-refractivity contribution in [3.8, 4) is 17.3 Å². The van der Waals surface area contributed by atoms with Gasteiger partial charge in [-0.05, 0) is 18.2 Å². The Kier molecular flexibility index (Phi) is 2.50. The van der Waals surface area contributed by atoms with Crippen LogP contribution in [0, 0.1) is 11.3 Å². The van der Waals surface area contributed by atoms with Crippen LogP contribution in [0.2, 0.25) is 0 Å². The normalized spacial score (nSPS) is 16.6. The van der Waals surface area contributed by atoms with Gasteiger partial charge in [0.25, 0.3) is 0 Å². The van der Waals surface area contributed by atoms with Crippen LogP contribution in [-0.2, 0) is 10.2 Å². The number of nitriles is 1. The Hall–Kier alpha value is -2.32. The van der Waals surface area contributed by atoms with Crippen molar-refractivity contribution in [1.82, 2.24) is 15.0 Å². The average Bonchev–Trinajstić information content (AvgIpc) is 2.40. The van der Waals surface area contributed by atoms with Crippen molar-refractivity contribution < 1.29 is 4.74 Å². The van der Waals surface area contributed by atoms with Crippen molar-refractivity contribution in [2.75, 3.05) is 13.2 Å². The number of hydrogen-bond acceptors (Lipinski definition) is 5. The molecule has 0 unspecified atom stereocenters. The van der Waals surface area contributed by atoms with Gasteiger partial charge >= 0.3 is 0 Å². The molecule has 2 aromatic heterocycles. The molecule has 1 saturated heterocycles. The van der Waals surface area contributed by atoms with Gasteiger partial charge in [0, 0.05) is 24.2 Å². The van der Waals surface area contributed by atoms with Crippen molar-refractivity contribution in [3.05, 3.63) is 42.6 Å². The summed E-state index contributed by atoms with van der Waals surface area (Å²) in [5.41, 5.74) is 1.00. The molecule has 3 rings (SSSR count). The van der Waals surface area contributed by atoms with E-state index in [1.807, 2.05) is 18.2 Å². The molecular formula is C13H10N4O. The van der Waals surface area contributed by atoms with Crippen molar-refractivity contribution >= 4 is 0 Å². The molecule has 0 aliphatic carbocycles. The van der Waals surface area contributed by atoms with Gasteiger partial charge in [-0.15, -0.1) is 0 Å². The Balaban J connectivity index is 2.03. The molecule has 1 aliphatic heterocycles. The van der Waals surface area contributed by atoms with Crippen LogP contribution in [0.5, 0.6) is 0 Å². The zero-order valence-corrected chi connectivity index (χ0v) is 9.58. The molecule has 5 nitrogen and oxygen atoms in total. The summed E-state index contributed by atoms with van der Waals surface area (Å²) in [6.45, 7) is 0.722. The Morgan fingerprint density at radius 3 is 2.78 bits per heavy atom. The van der Waals surface area contributed by atoms with Gasteiger partial charge in [0.1, 0.15) is 0 Å². The lowest BCUT2D eigenvalue weighted by atomic mass is 9.87.